The molecule has 0 spiro atoms. The predicted octanol–water partition coefficient (Wildman–Crippen LogP) is 3.13. The number of carbonyl (C=O) groups is 1. The molecule has 1 amide bonds. The number of hydrogen-bond donors (Lipinski definition) is 2. The normalized spacial score (nSPS) is 28.2. The molecule has 114 valence electrons. The number of hydrogen-bond acceptors (Lipinski definition) is 2. The zero-order valence-electron chi connectivity index (χ0n) is 11.9. The van der Waals surface area contributed by atoms with E-state index in [1.54, 1.807) is 6.07 Å². The number of rotatable bonds is 3. The van der Waals surface area contributed by atoms with Crippen LogP contribution < -0.4 is 10.6 Å². The smallest absolute Gasteiger partial charge is 0.237 e. The minimum atomic E-state index is -0.299. The van der Waals surface area contributed by atoms with Crippen LogP contribution in [0.15, 0.2) is 22.7 Å². The van der Waals surface area contributed by atoms with Crippen molar-refractivity contribution in [3.63, 3.8) is 0 Å². The average molecular weight is 355 g/mol. The molecule has 0 bridgehead atoms. The maximum atomic E-state index is 13.4. The van der Waals surface area contributed by atoms with E-state index in [1.165, 1.54) is 31.7 Å². The fourth-order valence-corrected chi connectivity index (χ4v) is 3.73. The molecule has 1 heterocycles. The van der Waals surface area contributed by atoms with Gasteiger partial charge in [-0.25, -0.2) is 4.39 Å². The van der Waals surface area contributed by atoms with Gasteiger partial charge >= 0.3 is 0 Å². The van der Waals surface area contributed by atoms with Crippen molar-refractivity contribution in [1.29, 1.82) is 0 Å². The first-order chi connectivity index (χ1) is 10.1. The summed E-state index contributed by atoms with van der Waals surface area (Å²) >= 11 is 3.13. The quantitative estimate of drug-likeness (QED) is 0.875. The molecule has 5 heteroatoms. The van der Waals surface area contributed by atoms with E-state index in [0.717, 1.165) is 12.0 Å². The summed E-state index contributed by atoms with van der Waals surface area (Å²) < 4.78 is 13.9. The molecule has 3 nitrogen and oxygen atoms in total. The number of carbonyl (C=O) groups excluding carboxylic acids is 1. The first kappa shape index (κ1) is 15.0. The molecular weight excluding hydrogens is 335 g/mol. The van der Waals surface area contributed by atoms with Crippen LogP contribution >= 0.6 is 15.9 Å². The van der Waals surface area contributed by atoms with Crippen molar-refractivity contribution in [2.75, 3.05) is 0 Å². The average Bonchev–Trinajstić information content (AvgIpc) is 2.92. The topological polar surface area (TPSA) is 41.1 Å². The molecule has 0 radical (unpaired) electrons. The molecule has 21 heavy (non-hydrogen) atoms. The number of amides is 1. The van der Waals surface area contributed by atoms with Crippen molar-refractivity contribution in [3.05, 3.63) is 34.1 Å². The zero-order valence-corrected chi connectivity index (χ0v) is 13.5. The summed E-state index contributed by atoms with van der Waals surface area (Å²) in [5, 5.41) is 6.37. The maximum Gasteiger partial charge on any atom is 0.237 e. The van der Waals surface area contributed by atoms with E-state index in [2.05, 4.69) is 26.6 Å². The van der Waals surface area contributed by atoms with Crippen molar-refractivity contribution in [2.24, 2.45) is 5.92 Å². The van der Waals surface area contributed by atoms with Crippen LogP contribution in [0.4, 0.5) is 4.39 Å². The van der Waals surface area contributed by atoms with Gasteiger partial charge in [0, 0.05) is 12.6 Å². The molecule has 3 atom stereocenters. The van der Waals surface area contributed by atoms with Gasteiger partial charge in [0.05, 0.1) is 10.5 Å². The van der Waals surface area contributed by atoms with Crippen LogP contribution in [-0.2, 0) is 11.3 Å². The molecule has 2 N–H and O–H groups in total. The second kappa shape index (κ2) is 6.44. The molecule has 3 unspecified atom stereocenters. The van der Waals surface area contributed by atoms with Gasteiger partial charge in [0.1, 0.15) is 5.82 Å². The molecule has 3 rings (SSSR count). The van der Waals surface area contributed by atoms with E-state index in [0.29, 0.717) is 23.0 Å². The van der Waals surface area contributed by atoms with Crippen LogP contribution in [-0.4, -0.2) is 18.0 Å². The van der Waals surface area contributed by atoms with E-state index < -0.39 is 0 Å². The molecule has 1 aromatic rings. The lowest BCUT2D eigenvalue weighted by Gasteiger charge is -2.24. The maximum absolute atomic E-state index is 13.4. The first-order valence-electron chi connectivity index (χ1n) is 7.61. The van der Waals surface area contributed by atoms with Crippen LogP contribution in [0.5, 0.6) is 0 Å². The summed E-state index contributed by atoms with van der Waals surface area (Å²) in [7, 11) is 0. The highest BCUT2D eigenvalue weighted by atomic mass is 79.9. The van der Waals surface area contributed by atoms with Crippen molar-refractivity contribution in [3.8, 4) is 0 Å². The van der Waals surface area contributed by atoms with Crippen LogP contribution in [0.25, 0.3) is 0 Å². The summed E-state index contributed by atoms with van der Waals surface area (Å²) in [5.74, 6) is 0.388. The van der Waals surface area contributed by atoms with Gasteiger partial charge in [-0.2, -0.15) is 0 Å². The Morgan fingerprint density at radius 2 is 2.19 bits per heavy atom. The second-order valence-corrected chi connectivity index (χ2v) is 6.93. The Bertz CT molecular complexity index is 523. The molecule has 2 fully saturated rings. The molecular formula is C16H20BrFN2O. The molecule has 1 saturated heterocycles. The summed E-state index contributed by atoms with van der Waals surface area (Å²) in [4.78, 5) is 12.2. The lowest BCUT2D eigenvalue weighted by molar-refractivity contribution is -0.123. The molecule has 1 saturated carbocycles. The Balaban J connectivity index is 1.53. The number of halogens is 2. The third kappa shape index (κ3) is 3.46. The monoisotopic (exact) mass is 354 g/mol. The Morgan fingerprint density at radius 1 is 1.38 bits per heavy atom. The van der Waals surface area contributed by atoms with Crippen LogP contribution in [0.3, 0.4) is 0 Å². The fourth-order valence-electron chi connectivity index (χ4n) is 3.48. The van der Waals surface area contributed by atoms with Crippen LogP contribution in [0.2, 0.25) is 0 Å². The van der Waals surface area contributed by atoms with Gasteiger partial charge in [-0.05, 0) is 58.8 Å². The van der Waals surface area contributed by atoms with Gasteiger partial charge in [0.2, 0.25) is 5.91 Å². The first-order valence-corrected chi connectivity index (χ1v) is 8.40. The van der Waals surface area contributed by atoms with E-state index in [9.17, 15) is 9.18 Å². The minimum absolute atomic E-state index is 0.0349. The van der Waals surface area contributed by atoms with Gasteiger partial charge in [-0.3, -0.25) is 4.79 Å². The van der Waals surface area contributed by atoms with E-state index >= 15 is 0 Å². The van der Waals surface area contributed by atoms with Gasteiger partial charge in [0.15, 0.2) is 0 Å². The molecule has 1 aliphatic heterocycles. The van der Waals surface area contributed by atoms with E-state index in [4.69, 9.17) is 0 Å². The van der Waals surface area contributed by atoms with Gasteiger partial charge in [0.25, 0.3) is 0 Å². The van der Waals surface area contributed by atoms with Crippen LogP contribution in [0.1, 0.15) is 37.7 Å². The Hall–Kier alpha value is -0.940. The Labute approximate surface area is 132 Å². The molecule has 0 aromatic heterocycles. The molecule has 2 aliphatic rings. The van der Waals surface area contributed by atoms with Gasteiger partial charge in [-0.15, -0.1) is 0 Å². The minimum Gasteiger partial charge on any atom is -0.351 e. The highest BCUT2D eigenvalue weighted by molar-refractivity contribution is 9.10. The third-order valence-electron chi connectivity index (χ3n) is 4.63. The molecule has 1 aromatic carbocycles. The van der Waals surface area contributed by atoms with E-state index in [-0.39, 0.29) is 17.8 Å². The largest absolute Gasteiger partial charge is 0.351 e. The SMILES string of the molecule is O=C(NCc1ccc(Br)c(F)c1)C1CC2CCCCC2N1. The summed E-state index contributed by atoms with van der Waals surface area (Å²) in [6, 6.07) is 5.36. The number of fused-ring (bicyclic) bond motifs is 1. The summed E-state index contributed by atoms with van der Waals surface area (Å²) in [6.07, 6.45) is 5.91. The lowest BCUT2D eigenvalue weighted by atomic mass is 9.85. The highest BCUT2D eigenvalue weighted by Crippen LogP contribution is 2.33. The lowest BCUT2D eigenvalue weighted by Crippen LogP contribution is -2.42. The van der Waals surface area contributed by atoms with Gasteiger partial charge < -0.3 is 10.6 Å². The highest BCUT2D eigenvalue weighted by Gasteiger charge is 2.37. The Kier molecular flexibility index (Phi) is 4.60. The fraction of sp³-hybridized carbons (Fsp3) is 0.562. The summed E-state index contributed by atoms with van der Waals surface area (Å²) in [6.45, 7) is 0.372. The van der Waals surface area contributed by atoms with E-state index in [1.807, 2.05) is 6.07 Å². The second-order valence-electron chi connectivity index (χ2n) is 6.07. The number of benzene rings is 1. The van der Waals surface area contributed by atoms with Crippen molar-refractivity contribution < 1.29 is 9.18 Å². The Morgan fingerprint density at radius 3 is 2.95 bits per heavy atom. The van der Waals surface area contributed by atoms with Crippen molar-refractivity contribution in [1.82, 2.24) is 10.6 Å². The van der Waals surface area contributed by atoms with Gasteiger partial charge in [-0.1, -0.05) is 18.9 Å². The van der Waals surface area contributed by atoms with Crippen molar-refractivity contribution >= 4 is 21.8 Å². The zero-order chi connectivity index (χ0) is 14.8. The number of nitrogens with one attached hydrogen (secondary N) is 2. The van der Waals surface area contributed by atoms with Crippen LogP contribution in [0, 0.1) is 11.7 Å². The standard InChI is InChI=1S/C16H20BrFN2O/c17-12-6-5-10(7-13(12)18)9-19-16(21)15-8-11-3-1-2-4-14(11)20-15/h5-7,11,14-15,20H,1-4,8-9H2,(H,19,21). The summed E-state index contributed by atoms with van der Waals surface area (Å²) in [5.41, 5.74) is 0.777. The third-order valence-corrected chi connectivity index (χ3v) is 5.27. The predicted molar refractivity (Wildman–Crippen MR) is 83.2 cm³/mol. The molecule has 1 aliphatic carbocycles. The van der Waals surface area contributed by atoms with Crippen molar-refractivity contribution in [2.45, 2.75) is 50.7 Å².